The lowest BCUT2D eigenvalue weighted by molar-refractivity contribution is -0.115. The van der Waals surface area contributed by atoms with E-state index in [4.69, 9.17) is 11.6 Å². The molecule has 0 spiro atoms. The van der Waals surface area contributed by atoms with Crippen molar-refractivity contribution in [2.75, 3.05) is 5.32 Å². The second kappa shape index (κ2) is 3.83. The molecule has 1 aliphatic rings. The predicted octanol–water partition coefficient (Wildman–Crippen LogP) is 2.28. The molecule has 0 saturated carbocycles. The van der Waals surface area contributed by atoms with Crippen LogP contribution in [0.1, 0.15) is 30.6 Å². The number of halogens is 1. The van der Waals surface area contributed by atoms with Gasteiger partial charge in [-0.05, 0) is 29.7 Å². The Bertz CT molecular complexity index is 417. The molecule has 1 aromatic carbocycles. The minimum absolute atomic E-state index is 0.0239. The fourth-order valence-electron chi connectivity index (χ4n) is 1.74. The lowest BCUT2D eigenvalue weighted by Gasteiger charge is -2.12. The number of hydrogen-bond donors (Lipinski definition) is 2. The van der Waals surface area contributed by atoms with Crippen molar-refractivity contribution >= 4 is 23.2 Å². The maximum atomic E-state index is 11.1. The van der Waals surface area contributed by atoms with Gasteiger partial charge in [-0.3, -0.25) is 4.79 Å². The maximum absolute atomic E-state index is 11.1. The molecule has 4 heteroatoms. The molecule has 2 rings (SSSR count). The van der Waals surface area contributed by atoms with Gasteiger partial charge in [0.15, 0.2) is 0 Å². The molecular formula is C11H12ClNO2. The monoisotopic (exact) mass is 225 g/mol. The average molecular weight is 226 g/mol. The first-order valence-corrected chi connectivity index (χ1v) is 5.30. The molecule has 1 atom stereocenters. The van der Waals surface area contributed by atoms with Crippen molar-refractivity contribution in [3.63, 3.8) is 0 Å². The van der Waals surface area contributed by atoms with Gasteiger partial charge in [-0.25, -0.2) is 0 Å². The standard InChI is InChI=1S/C11H12ClNO2/c1-2-10(14)7-3-6-4-11(15)13-9(6)5-8(7)12/h3,5,10,14H,2,4H2,1H3,(H,13,15). The third-order valence-electron chi connectivity index (χ3n) is 2.59. The lowest BCUT2D eigenvalue weighted by atomic mass is 10.0. The van der Waals surface area contributed by atoms with E-state index in [-0.39, 0.29) is 5.91 Å². The number of fused-ring (bicyclic) bond motifs is 1. The zero-order chi connectivity index (χ0) is 11.0. The number of rotatable bonds is 2. The zero-order valence-electron chi connectivity index (χ0n) is 8.38. The van der Waals surface area contributed by atoms with E-state index in [1.165, 1.54) is 0 Å². The van der Waals surface area contributed by atoms with Gasteiger partial charge < -0.3 is 10.4 Å². The summed E-state index contributed by atoms with van der Waals surface area (Å²) in [6, 6.07) is 3.51. The van der Waals surface area contributed by atoms with Gasteiger partial charge in [-0.15, -0.1) is 0 Å². The van der Waals surface area contributed by atoms with Crippen LogP contribution in [0.4, 0.5) is 5.69 Å². The number of aliphatic hydroxyl groups is 1. The molecule has 15 heavy (non-hydrogen) atoms. The second-order valence-electron chi connectivity index (χ2n) is 3.68. The number of nitrogens with one attached hydrogen (secondary N) is 1. The third kappa shape index (κ3) is 1.85. The zero-order valence-corrected chi connectivity index (χ0v) is 9.14. The van der Waals surface area contributed by atoms with Crippen molar-refractivity contribution < 1.29 is 9.90 Å². The summed E-state index contributed by atoms with van der Waals surface area (Å²) in [5.74, 6) is -0.0239. The number of carbonyl (C=O) groups is 1. The van der Waals surface area contributed by atoms with Gasteiger partial charge in [0.2, 0.25) is 5.91 Å². The minimum Gasteiger partial charge on any atom is -0.388 e. The Balaban J connectivity index is 2.44. The third-order valence-corrected chi connectivity index (χ3v) is 2.92. The van der Waals surface area contributed by atoms with Crippen molar-refractivity contribution in [3.8, 4) is 0 Å². The van der Waals surface area contributed by atoms with Crippen LogP contribution < -0.4 is 5.32 Å². The molecule has 1 heterocycles. The molecule has 1 aromatic rings. The van der Waals surface area contributed by atoms with Crippen LogP contribution in [0, 0.1) is 0 Å². The molecule has 0 radical (unpaired) electrons. The highest BCUT2D eigenvalue weighted by molar-refractivity contribution is 6.32. The molecule has 1 amide bonds. The number of benzene rings is 1. The number of aliphatic hydroxyl groups excluding tert-OH is 1. The Morgan fingerprint density at radius 3 is 3.00 bits per heavy atom. The second-order valence-corrected chi connectivity index (χ2v) is 4.09. The van der Waals surface area contributed by atoms with E-state index in [2.05, 4.69) is 5.32 Å². The van der Waals surface area contributed by atoms with Crippen LogP contribution in [0.25, 0.3) is 0 Å². The van der Waals surface area contributed by atoms with Gasteiger partial charge in [0.25, 0.3) is 0 Å². The predicted molar refractivity (Wildman–Crippen MR) is 59.0 cm³/mol. The summed E-state index contributed by atoms with van der Waals surface area (Å²) >= 11 is 6.02. The van der Waals surface area contributed by atoms with Gasteiger partial charge in [0.05, 0.1) is 12.5 Å². The smallest absolute Gasteiger partial charge is 0.228 e. The van der Waals surface area contributed by atoms with Crippen LogP contribution in [-0.2, 0) is 11.2 Å². The van der Waals surface area contributed by atoms with Crippen molar-refractivity contribution in [2.45, 2.75) is 25.9 Å². The number of hydrogen-bond acceptors (Lipinski definition) is 2. The van der Waals surface area contributed by atoms with E-state index in [1.807, 2.05) is 13.0 Å². The van der Waals surface area contributed by atoms with Crippen molar-refractivity contribution in [3.05, 3.63) is 28.3 Å². The quantitative estimate of drug-likeness (QED) is 0.811. The van der Waals surface area contributed by atoms with Crippen LogP contribution in [0.5, 0.6) is 0 Å². The SMILES string of the molecule is CCC(O)c1cc2c(cc1Cl)NC(=O)C2. The molecule has 80 valence electrons. The minimum atomic E-state index is -0.557. The Labute approximate surface area is 93.1 Å². The first-order chi connectivity index (χ1) is 7.11. The lowest BCUT2D eigenvalue weighted by Crippen LogP contribution is -2.03. The van der Waals surface area contributed by atoms with E-state index in [9.17, 15) is 9.90 Å². The highest BCUT2D eigenvalue weighted by Crippen LogP contribution is 2.33. The van der Waals surface area contributed by atoms with Gasteiger partial charge in [0, 0.05) is 10.7 Å². The van der Waals surface area contributed by atoms with Crippen molar-refractivity contribution in [1.29, 1.82) is 0 Å². The molecule has 1 unspecified atom stereocenters. The summed E-state index contributed by atoms with van der Waals surface area (Å²) in [5, 5.41) is 12.9. The van der Waals surface area contributed by atoms with Gasteiger partial charge in [-0.1, -0.05) is 18.5 Å². The normalized spacial score (nSPS) is 16.1. The largest absolute Gasteiger partial charge is 0.388 e. The van der Waals surface area contributed by atoms with Crippen LogP contribution >= 0.6 is 11.6 Å². The van der Waals surface area contributed by atoms with Crippen LogP contribution in [0.15, 0.2) is 12.1 Å². The fourth-order valence-corrected chi connectivity index (χ4v) is 2.03. The summed E-state index contributed by atoms with van der Waals surface area (Å²) in [6.45, 7) is 1.89. The maximum Gasteiger partial charge on any atom is 0.228 e. The summed E-state index contributed by atoms with van der Waals surface area (Å²) in [5.41, 5.74) is 2.37. The van der Waals surface area contributed by atoms with Crippen LogP contribution in [-0.4, -0.2) is 11.0 Å². The fraction of sp³-hybridized carbons (Fsp3) is 0.364. The van der Waals surface area contributed by atoms with E-state index in [0.717, 1.165) is 11.3 Å². The van der Waals surface area contributed by atoms with Gasteiger partial charge in [-0.2, -0.15) is 0 Å². The molecule has 1 aliphatic heterocycles. The van der Waals surface area contributed by atoms with Gasteiger partial charge >= 0.3 is 0 Å². The summed E-state index contributed by atoms with van der Waals surface area (Å²) < 4.78 is 0. The van der Waals surface area contributed by atoms with E-state index >= 15 is 0 Å². The molecule has 0 fully saturated rings. The Morgan fingerprint density at radius 1 is 1.60 bits per heavy atom. The molecule has 0 bridgehead atoms. The molecule has 2 N–H and O–H groups in total. The first kappa shape index (κ1) is 10.5. The number of carbonyl (C=O) groups excluding carboxylic acids is 1. The first-order valence-electron chi connectivity index (χ1n) is 4.92. The Morgan fingerprint density at radius 2 is 2.33 bits per heavy atom. The highest BCUT2D eigenvalue weighted by Gasteiger charge is 2.21. The van der Waals surface area contributed by atoms with Crippen LogP contribution in [0.2, 0.25) is 5.02 Å². The molecule has 0 aliphatic carbocycles. The topological polar surface area (TPSA) is 49.3 Å². The van der Waals surface area contributed by atoms with E-state index < -0.39 is 6.10 Å². The van der Waals surface area contributed by atoms with Gasteiger partial charge in [0.1, 0.15) is 0 Å². The number of amides is 1. The summed E-state index contributed by atoms with van der Waals surface area (Å²) in [4.78, 5) is 11.1. The van der Waals surface area contributed by atoms with E-state index in [1.54, 1.807) is 6.07 Å². The molecular weight excluding hydrogens is 214 g/mol. The van der Waals surface area contributed by atoms with Crippen molar-refractivity contribution in [2.24, 2.45) is 0 Å². The Kier molecular flexibility index (Phi) is 2.67. The Hall–Kier alpha value is -1.06. The number of anilines is 1. The highest BCUT2D eigenvalue weighted by atomic mass is 35.5. The average Bonchev–Trinajstić information content (AvgIpc) is 2.55. The molecule has 3 nitrogen and oxygen atoms in total. The molecule has 0 aromatic heterocycles. The summed E-state index contributed by atoms with van der Waals surface area (Å²) in [6.07, 6.45) is 0.425. The molecule has 0 saturated heterocycles. The van der Waals surface area contributed by atoms with Crippen molar-refractivity contribution in [1.82, 2.24) is 0 Å². The van der Waals surface area contributed by atoms with E-state index in [0.29, 0.717) is 23.4 Å². The summed E-state index contributed by atoms with van der Waals surface area (Å²) in [7, 11) is 0. The van der Waals surface area contributed by atoms with Crippen LogP contribution in [0.3, 0.4) is 0 Å².